The summed E-state index contributed by atoms with van der Waals surface area (Å²) in [6.45, 7) is 6.14. The first-order valence-corrected chi connectivity index (χ1v) is 15.4. The number of aromatic carboxylic acids is 1. The first-order chi connectivity index (χ1) is 21.3. The number of rotatable bonds is 11. The maximum absolute atomic E-state index is 12.4. The van der Waals surface area contributed by atoms with Crippen LogP contribution in [0.5, 0.6) is 5.75 Å². The van der Waals surface area contributed by atoms with Crippen LogP contribution in [-0.4, -0.2) is 75.3 Å². The minimum absolute atomic E-state index is 0.129. The van der Waals surface area contributed by atoms with Crippen LogP contribution in [0.3, 0.4) is 0 Å². The van der Waals surface area contributed by atoms with E-state index in [-0.39, 0.29) is 5.69 Å². The smallest absolute Gasteiger partial charge is 0.352 e. The average molecular weight is 617 g/mol. The van der Waals surface area contributed by atoms with Crippen molar-refractivity contribution >= 4 is 39.2 Å². The van der Waals surface area contributed by atoms with Gasteiger partial charge in [0.2, 0.25) is 0 Å². The van der Waals surface area contributed by atoms with Gasteiger partial charge in [-0.15, -0.1) is 0 Å². The molecule has 3 heterocycles. The Morgan fingerprint density at radius 2 is 1.86 bits per heavy atom. The van der Waals surface area contributed by atoms with Crippen molar-refractivity contribution in [3.8, 4) is 16.9 Å². The lowest BCUT2D eigenvalue weighted by atomic mass is 9.96. The van der Waals surface area contributed by atoms with E-state index in [4.69, 9.17) is 26.2 Å². The maximum atomic E-state index is 12.4. The van der Waals surface area contributed by atoms with Crippen molar-refractivity contribution in [3.63, 3.8) is 0 Å². The number of H-pyrrole nitrogens is 1. The number of carboxylic acid groups (broad SMARTS) is 1. The van der Waals surface area contributed by atoms with Crippen LogP contribution in [0, 0.1) is 6.92 Å². The first-order valence-electron chi connectivity index (χ1n) is 15.0. The molecule has 0 spiro atoms. The summed E-state index contributed by atoms with van der Waals surface area (Å²) in [5.74, 6) is -0.233. The fraction of sp³-hybridized carbons (Fsp3) is 0.353. The molecule has 1 aliphatic heterocycles. The predicted octanol–water partition coefficient (Wildman–Crippen LogP) is 6.15. The Balaban J connectivity index is 1.29. The molecule has 9 nitrogen and oxygen atoms in total. The molecule has 2 aromatic heterocycles. The largest absolute Gasteiger partial charge is 0.493 e. The first kappa shape index (κ1) is 30.1. The molecule has 3 N–H and O–H groups in total. The Labute approximate surface area is 261 Å². The quantitative estimate of drug-likeness (QED) is 0.153. The number of halogens is 1. The SMILES string of the molecule is Cc1c(-c2c(Cl)ccc3c(CCCOc4cccc5ccccc45)c(C(=O)O)[nH]c23)c(C(O)CCN2CCOCC2)nn1C. The molecule has 1 unspecified atom stereocenters. The summed E-state index contributed by atoms with van der Waals surface area (Å²) < 4.78 is 13.3. The van der Waals surface area contributed by atoms with Gasteiger partial charge in [0.25, 0.3) is 0 Å². The second kappa shape index (κ2) is 13.0. The van der Waals surface area contributed by atoms with Crippen molar-refractivity contribution in [2.24, 2.45) is 7.05 Å². The highest BCUT2D eigenvalue weighted by atomic mass is 35.5. The van der Waals surface area contributed by atoms with Gasteiger partial charge in [0.1, 0.15) is 11.4 Å². The minimum Gasteiger partial charge on any atom is -0.493 e. The summed E-state index contributed by atoms with van der Waals surface area (Å²) in [5.41, 5.74) is 4.18. The number of carboxylic acids is 1. The van der Waals surface area contributed by atoms with E-state index in [0.29, 0.717) is 73.0 Å². The molecule has 3 aromatic carbocycles. The number of nitrogens with zero attached hydrogens (tertiary/aromatic N) is 3. The summed E-state index contributed by atoms with van der Waals surface area (Å²) in [7, 11) is 1.84. The number of benzene rings is 3. The third-order valence-corrected chi connectivity index (χ3v) is 8.89. The van der Waals surface area contributed by atoms with Crippen LogP contribution < -0.4 is 4.74 Å². The summed E-state index contributed by atoms with van der Waals surface area (Å²) in [6.07, 6.45) is 0.795. The van der Waals surface area contributed by atoms with E-state index in [1.165, 1.54) is 0 Å². The van der Waals surface area contributed by atoms with Crippen molar-refractivity contribution in [2.45, 2.75) is 32.3 Å². The van der Waals surface area contributed by atoms with Crippen LogP contribution in [0.15, 0.2) is 54.6 Å². The fourth-order valence-electron chi connectivity index (χ4n) is 6.18. The van der Waals surface area contributed by atoms with Gasteiger partial charge in [-0.3, -0.25) is 9.58 Å². The highest BCUT2D eigenvalue weighted by Gasteiger charge is 2.28. The van der Waals surface area contributed by atoms with Gasteiger partial charge in [-0.1, -0.05) is 54.1 Å². The molecule has 1 fully saturated rings. The van der Waals surface area contributed by atoms with Crippen molar-refractivity contribution in [1.82, 2.24) is 19.7 Å². The molecule has 1 aliphatic rings. The number of fused-ring (bicyclic) bond motifs is 2. The molecule has 0 amide bonds. The van der Waals surface area contributed by atoms with Gasteiger partial charge in [0.05, 0.1) is 42.2 Å². The Kier molecular flexibility index (Phi) is 8.91. The van der Waals surface area contributed by atoms with E-state index in [1.807, 2.05) is 50.4 Å². The van der Waals surface area contributed by atoms with E-state index in [0.717, 1.165) is 46.3 Å². The van der Waals surface area contributed by atoms with Crippen molar-refractivity contribution < 1.29 is 24.5 Å². The minimum atomic E-state index is -1.04. The Bertz CT molecular complexity index is 1800. The lowest BCUT2D eigenvalue weighted by Crippen LogP contribution is -2.37. The van der Waals surface area contributed by atoms with Crippen LogP contribution in [0.25, 0.3) is 32.8 Å². The topological polar surface area (TPSA) is 113 Å². The molecular weight excluding hydrogens is 580 g/mol. The molecule has 0 aliphatic carbocycles. The van der Waals surface area contributed by atoms with E-state index < -0.39 is 12.1 Å². The van der Waals surface area contributed by atoms with E-state index >= 15 is 0 Å². The van der Waals surface area contributed by atoms with E-state index in [9.17, 15) is 15.0 Å². The standard InChI is InChI=1S/C34H37ClN4O5/c1-21-29(33(37-38(21)2)27(40)14-15-39-16-19-43-20-17-39)30-26(35)13-12-25-24(32(34(41)42)36-31(25)30)10-6-18-44-28-11-5-8-22-7-3-4-9-23(22)28/h3-5,7-9,11-13,27,36,40H,6,10,14-20H2,1-2H3,(H,41,42). The zero-order valence-electron chi connectivity index (χ0n) is 25.0. The van der Waals surface area contributed by atoms with Gasteiger partial charge in [0, 0.05) is 54.3 Å². The summed E-state index contributed by atoms with van der Waals surface area (Å²) in [5, 5.41) is 29.6. The molecule has 44 heavy (non-hydrogen) atoms. The van der Waals surface area contributed by atoms with Gasteiger partial charge >= 0.3 is 5.97 Å². The van der Waals surface area contributed by atoms with Crippen molar-refractivity contribution in [1.29, 1.82) is 0 Å². The number of hydrogen-bond acceptors (Lipinski definition) is 6. The highest BCUT2D eigenvalue weighted by Crippen LogP contribution is 2.42. The van der Waals surface area contributed by atoms with Crippen LogP contribution in [0.1, 0.15) is 46.4 Å². The van der Waals surface area contributed by atoms with Crippen molar-refractivity contribution in [3.05, 3.63) is 82.3 Å². The van der Waals surface area contributed by atoms with Crippen molar-refractivity contribution in [2.75, 3.05) is 39.5 Å². The number of hydrogen-bond donors (Lipinski definition) is 3. The third-order valence-electron chi connectivity index (χ3n) is 8.57. The molecule has 0 bridgehead atoms. The number of aromatic amines is 1. The lowest BCUT2D eigenvalue weighted by Gasteiger charge is -2.27. The van der Waals surface area contributed by atoms with E-state index in [2.05, 4.69) is 22.0 Å². The number of aliphatic hydroxyl groups excluding tert-OH is 1. The molecule has 10 heteroatoms. The number of aryl methyl sites for hydroxylation is 2. The molecule has 6 rings (SSSR count). The third kappa shape index (κ3) is 5.93. The molecule has 1 saturated heterocycles. The van der Waals surface area contributed by atoms with Crippen LogP contribution in [0.4, 0.5) is 0 Å². The second-order valence-electron chi connectivity index (χ2n) is 11.3. The van der Waals surface area contributed by atoms with Gasteiger partial charge in [-0.25, -0.2) is 4.79 Å². The summed E-state index contributed by atoms with van der Waals surface area (Å²) in [6, 6.07) is 17.7. The molecule has 0 radical (unpaired) electrons. The maximum Gasteiger partial charge on any atom is 0.352 e. The van der Waals surface area contributed by atoms with E-state index in [1.54, 1.807) is 10.7 Å². The molecule has 5 aromatic rings. The second-order valence-corrected chi connectivity index (χ2v) is 11.7. The molecular formula is C34H37ClN4O5. The number of morpholine rings is 1. The molecule has 0 saturated carbocycles. The highest BCUT2D eigenvalue weighted by molar-refractivity contribution is 6.35. The molecule has 230 valence electrons. The monoisotopic (exact) mass is 616 g/mol. The van der Waals surface area contributed by atoms with Gasteiger partial charge < -0.3 is 24.7 Å². The Morgan fingerprint density at radius 1 is 1.09 bits per heavy atom. The predicted molar refractivity (Wildman–Crippen MR) is 172 cm³/mol. The van der Waals surface area contributed by atoms with Crippen LogP contribution in [0.2, 0.25) is 5.02 Å². The summed E-state index contributed by atoms with van der Waals surface area (Å²) >= 11 is 6.85. The zero-order valence-corrected chi connectivity index (χ0v) is 25.7. The number of aliphatic hydroxyl groups is 1. The van der Waals surface area contributed by atoms with Crippen LogP contribution >= 0.6 is 11.6 Å². The van der Waals surface area contributed by atoms with Gasteiger partial charge in [0.15, 0.2) is 0 Å². The Hall–Kier alpha value is -3.89. The Morgan fingerprint density at radius 3 is 2.66 bits per heavy atom. The summed E-state index contributed by atoms with van der Waals surface area (Å²) in [4.78, 5) is 17.9. The lowest BCUT2D eigenvalue weighted by molar-refractivity contribution is 0.0297. The number of aromatic nitrogens is 3. The van der Waals surface area contributed by atoms with Crippen LogP contribution in [-0.2, 0) is 18.2 Å². The number of ether oxygens (including phenoxy) is 2. The fourth-order valence-corrected chi connectivity index (χ4v) is 6.43. The number of carbonyl (C=O) groups is 1. The zero-order chi connectivity index (χ0) is 30.8. The average Bonchev–Trinajstić information content (AvgIpc) is 3.55. The normalized spacial score (nSPS) is 14.8. The molecule has 1 atom stereocenters. The number of nitrogens with one attached hydrogen (secondary N) is 1. The van der Waals surface area contributed by atoms with Gasteiger partial charge in [-0.05, 0) is 49.3 Å². The van der Waals surface area contributed by atoms with Gasteiger partial charge in [-0.2, -0.15) is 5.10 Å².